The lowest BCUT2D eigenvalue weighted by molar-refractivity contribution is 0.907. The molecule has 0 saturated carbocycles. The Hall–Kier alpha value is -0.980. The number of rotatable bonds is 0. The number of nitrogens with one attached hydrogen (secondary N) is 1. The van der Waals surface area contributed by atoms with Crippen LogP contribution in [0, 0.1) is 0 Å². The summed E-state index contributed by atoms with van der Waals surface area (Å²) in [6.45, 7) is 0.989. The maximum atomic E-state index is 3.29. The Balaban J connectivity index is 2.35. The van der Waals surface area contributed by atoms with Gasteiger partial charge in [-0.05, 0) is 18.1 Å². The Kier molecular flexibility index (Phi) is 0.950. The fourth-order valence-corrected chi connectivity index (χ4v) is 1.22. The number of allylic oxidation sites excluding steroid dienone is 4. The van der Waals surface area contributed by atoms with Crippen molar-refractivity contribution in [1.82, 2.24) is 5.32 Å². The van der Waals surface area contributed by atoms with Crippen LogP contribution in [0.15, 0.2) is 35.6 Å². The SMILES string of the molecule is C1=CC2=C(C=CC2)NC1. The Labute approximate surface area is 54.8 Å². The quantitative estimate of drug-likeness (QED) is 0.507. The van der Waals surface area contributed by atoms with E-state index in [2.05, 4.69) is 29.6 Å². The van der Waals surface area contributed by atoms with Crippen LogP contribution in [0.2, 0.25) is 0 Å². The summed E-state index contributed by atoms with van der Waals surface area (Å²) in [5.41, 5.74) is 2.75. The van der Waals surface area contributed by atoms with Crippen molar-refractivity contribution in [2.45, 2.75) is 6.42 Å². The van der Waals surface area contributed by atoms with E-state index in [1.807, 2.05) is 0 Å². The second-order valence-corrected chi connectivity index (χ2v) is 2.33. The molecule has 1 N–H and O–H groups in total. The van der Waals surface area contributed by atoms with Gasteiger partial charge in [-0.2, -0.15) is 0 Å². The van der Waals surface area contributed by atoms with Crippen molar-refractivity contribution in [3.8, 4) is 0 Å². The molecule has 0 unspecified atom stereocenters. The van der Waals surface area contributed by atoms with E-state index in [0.29, 0.717) is 0 Å². The van der Waals surface area contributed by atoms with Crippen LogP contribution in [0.25, 0.3) is 0 Å². The molecule has 1 nitrogen and oxygen atoms in total. The van der Waals surface area contributed by atoms with Gasteiger partial charge in [-0.3, -0.25) is 0 Å². The third-order valence-electron chi connectivity index (χ3n) is 1.70. The summed E-state index contributed by atoms with van der Waals surface area (Å²) >= 11 is 0. The molecule has 0 saturated heterocycles. The molecule has 1 heterocycles. The summed E-state index contributed by atoms with van der Waals surface area (Å²) in [6.07, 6.45) is 9.81. The van der Waals surface area contributed by atoms with Gasteiger partial charge < -0.3 is 5.32 Å². The van der Waals surface area contributed by atoms with Crippen LogP contribution in [0.3, 0.4) is 0 Å². The topological polar surface area (TPSA) is 12.0 Å². The number of hydrogen-bond acceptors (Lipinski definition) is 1. The minimum atomic E-state index is 0.989. The van der Waals surface area contributed by atoms with E-state index in [0.717, 1.165) is 13.0 Å². The van der Waals surface area contributed by atoms with Gasteiger partial charge >= 0.3 is 0 Å². The van der Waals surface area contributed by atoms with Gasteiger partial charge in [0, 0.05) is 12.2 Å². The van der Waals surface area contributed by atoms with E-state index in [-0.39, 0.29) is 0 Å². The van der Waals surface area contributed by atoms with Gasteiger partial charge in [-0.15, -0.1) is 0 Å². The predicted octanol–water partition coefficient (Wildman–Crippen LogP) is 1.36. The molecule has 0 amide bonds. The Morgan fingerprint density at radius 2 is 2.22 bits per heavy atom. The first-order chi connectivity index (χ1) is 4.47. The molecule has 9 heavy (non-hydrogen) atoms. The van der Waals surface area contributed by atoms with E-state index < -0.39 is 0 Å². The molecule has 46 valence electrons. The highest BCUT2D eigenvalue weighted by atomic mass is 14.9. The zero-order chi connectivity index (χ0) is 6.10. The lowest BCUT2D eigenvalue weighted by Gasteiger charge is -2.09. The summed E-state index contributed by atoms with van der Waals surface area (Å²) in [4.78, 5) is 0. The third-order valence-corrected chi connectivity index (χ3v) is 1.70. The van der Waals surface area contributed by atoms with Crippen LogP contribution >= 0.6 is 0 Å². The van der Waals surface area contributed by atoms with E-state index in [4.69, 9.17) is 0 Å². The summed E-state index contributed by atoms with van der Waals surface area (Å²) in [5, 5.41) is 3.29. The van der Waals surface area contributed by atoms with Crippen LogP contribution in [-0.4, -0.2) is 6.54 Å². The van der Waals surface area contributed by atoms with Crippen LogP contribution in [0.1, 0.15) is 6.42 Å². The number of dihydropyridines is 1. The van der Waals surface area contributed by atoms with Gasteiger partial charge in [0.05, 0.1) is 0 Å². The van der Waals surface area contributed by atoms with Crippen molar-refractivity contribution in [3.05, 3.63) is 35.6 Å². The second-order valence-electron chi connectivity index (χ2n) is 2.33. The fourth-order valence-electron chi connectivity index (χ4n) is 1.22. The Bertz CT molecular complexity index is 209. The highest BCUT2D eigenvalue weighted by Gasteiger charge is 2.07. The lowest BCUT2D eigenvalue weighted by atomic mass is 10.1. The normalized spacial score (nSPS) is 22.2. The average molecular weight is 119 g/mol. The monoisotopic (exact) mass is 119 g/mol. The van der Waals surface area contributed by atoms with Crippen molar-refractivity contribution in [2.75, 3.05) is 6.54 Å². The summed E-state index contributed by atoms with van der Waals surface area (Å²) in [6, 6.07) is 0. The Morgan fingerprint density at radius 3 is 3.11 bits per heavy atom. The molecule has 2 rings (SSSR count). The minimum Gasteiger partial charge on any atom is -0.381 e. The molecule has 0 atom stereocenters. The van der Waals surface area contributed by atoms with Crippen LogP contribution in [-0.2, 0) is 0 Å². The summed E-state index contributed by atoms with van der Waals surface area (Å²) < 4.78 is 0. The third kappa shape index (κ3) is 0.689. The maximum absolute atomic E-state index is 3.29. The largest absolute Gasteiger partial charge is 0.381 e. The van der Waals surface area contributed by atoms with Gasteiger partial charge in [0.25, 0.3) is 0 Å². The molecule has 0 bridgehead atoms. The van der Waals surface area contributed by atoms with Crippen molar-refractivity contribution in [1.29, 1.82) is 0 Å². The van der Waals surface area contributed by atoms with Crippen LogP contribution in [0.5, 0.6) is 0 Å². The number of hydrogen-bond donors (Lipinski definition) is 1. The first kappa shape index (κ1) is 4.86. The molecule has 0 aromatic carbocycles. The van der Waals surface area contributed by atoms with Crippen LogP contribution < -0.4 is 5.32 Å². The molecule has 1 aliphatic heterocycles. The summed E-state index contributed by atoms with van der Waals surface area (Å²) in [7, 11) is 0. The van der Waals surface area contributed by atoms with Crippen molar-refractivity contribution >= 4 is 0 Å². The van der Waals surface area contributed by atoms with Gasteiger partial charge in [0.2, 0.25) is 0 Å². The predicted molar refractivity (Wildman–Crippen MR) is 37.9 cm³/mol. The van der Waals surface area contributed by atoms with E-state index in [9.17, 15) is 0 Å². The maximum Gasteiger partial charge on any atom is 0.0375 e. The standard InChI is InChI=1S/C8H9N/c1-3-7-4-2-6-9-8(7)5-1/h1-2,4-5,9H,3,6H2. The first-order valence-electron chi connectivity index (χ1n) is 3.27. The molecule has 1 heteroatoms. The van der Waals surface area contributed by atoms with E-state index in [1.54, 1.807) is 0 Å². The molecule has 0 radical (unpaired) electrons. The summed E-state index contributed by atoms with van der Waals surface area (Å²) in [5.74, 6) is 0. The second kappa shape index (κ2) is 1.76. The van der Waals surface area contributed by atoms with Gasteiger partial charge in [-0.25, -0.2) is 0 Å². The van der Waals surface area contributed by atoms with Crippen LogP contribution in [0.4, 0.5) is 0 Å². The minimum absolute atomic E-state index is 0.989. The van der Waals surface area contributed by atoms with Gasteiger partial charge in [-0.1, -0.05) is 18.2 Å². The zero-order valence-electron chi connectivity index (χ0n) is 5.22. The highest BCUT2D eigenvalue weighted by molar-refractivity contribution is 5.41. The molecule has 0 fully saturated rings. The highest BCUT2D eigenvalue weighted by Crippen LogP contribution is 2.19. The average Bonchev–Trinajstić information content (AvgIpc) is 2.33. The molecule has 2 aliphatic rings. The lowest BCUT2D eigenvalue weighted by Crippen LogP contribution is -2.14. The molecule has 0 aromatic heterocycles. The molecule has 1 aliphatic carbocycles. The fraction of sp³-hybridized carbons (Fsp3) is 0.250. The van der Waals surface area contributed by atoms with Crippen molar-refractivity contribution < 1.29 is 0 Å². The van der Waals surface area contributed by atoms with Gasteiger partial charge in [0.1, 0.15) is 0 Å². The van der Waals surface area contributed by atoms with Crippen molar-refractivity contribution in [2.24, 2.45) is 0 Å². The van der Waals surface area contributed by atoms with E-state index in [1.165, 1.54) is 11.3 Å². The smallest absolute Gasteiger partial charge is 0.0375 e. The first-order valence-corrected chi connectivity index (χ1v) is 3.27. The Morgan fingerprint density at radius 1 is 1.22 bits per heavy atom. The van der Waals surface area contributed by atoms with Gasteiger partial charge in [0.15, 0.2) is 0 Å². The molecule has 0 spiro atoms. The molecule has 0 aromatic rings. The molecular formula is C8H9N. The zero-order valence-corrected chi connectivity index (χ0v) is 5.22. The van der Waals surface area contributed by atoms with Crippen molar-refractivity contribution in [3.63, 3.8) is 0 Å². The molecular weight excluding hydrogens is 110 g/mol. The van der Waals surface area contributed by atoms with E-state index >= 15 is 0 Å².